The van der Waals surface area contributed by atoms with E-state index in [4.69, 9.17) is 0 Å². The minimum absolute atomic E-state index is 0.0518. The van der Waals surface area contributed by atoms with Crippen molar-refractivity contribution in [2.75, 3.05) is 6.54 Å². The van der Waals surface area contributed by atoms with Crippen LogP contribution in [-0.2, 0) is 26.0 Å². The van der Waals surface area contributed by atoms with Crippen LogP contribution < -0.4 is 10.0 Å². The van der Waals surface area contributed by atoms with E-state index in [0.29, 0.717) is 5.69 Å². The molecule has 0 aliphatic heterocycles. The Balaban J connectivity index is 1.85. The van der Waals surface area contributed by atoms with E-state index in [9.17, 15) is 23.1 Å². The zero-order chi connectivity index (χ0) is 19.2. The molecular weight excluding hydrogens is 360 g/mol. The molecule has 0 aliphatic carbocycles. The second-order valence-corrected chi connectivity index (χ2v) is 7.47. The Morgan fingerprint density at radius 2 is 1.96 bits per heavy atom. The first-order chi connectivity index (χ1) is 12.3. The molecule has 1 heterocycles. The Morgan fingerprint density at radius 3 is 2.54 bits per heavy atom. The minimum atomic E-state index is -3.72. The van der Waals surface area contributed by atoms with Crippen molar-refractivity contribution in [2.24, 2.45) is 0 Å². The summed E-state index contributed by atoms with van der Waals surface area (Å²) in [7, 11) is -3.72. The van der Waals surface area contributed by atoms with Gasteiger partial charge in [-0.25, -0.2) is 22.9 Å². The molecule has 2 aromatic rings. The first kappa shape index (κ1) is 19.6. The number of hydrogen-bond donors (Lipinski definition) is 4. The third kappa shape index (κ3) is 5.67. The van der Waals surface area contributed by atoms with Gasteiger partial charge in [-0.1, -0.05) is 17.7 Å². The molecule has 1 unspecified atom stereocenters. The van der Waals surface area contributed by atoms with E-state index in [1.165, 1.54) is 24.7 Å². The molecule has 0 aliphatic rings. The van der Waals surface area contributed by atoms with E-state index in [2.05, 4.69) is 20.0 Å². The van der Waals surface area contributed by atoms with Crippen molar-refractivity contribution in [1.82, 2.24) is 20.0 Å². The van der Waals surface area contributed by atoms with Crippen molar-refractivity contribution in [3.8, 4) is 0 Å². The lowest BCUT2D eigenvalue weighted by atomic mass is 10.1. The zero-order valence-corrected chi connectivity index (χ0v) is 14.9. The maximum atomic E-state index is 12.1. The number of hydrogen-bond acceptors (Lipinski definition) is 5. The van der Waals surface area contributed by atoms with Gasteiger partial charge in [0.25, 0.3) is 0 Å². The Kier molecular flexibility index (Phi) is 6.47. The summed E-state index contributed by atoms with van der Waals surface area (Å²) in [6.45, 7) is 1.70. The number of aliphatic carboxylic acids is 1. The third-order valence-corrected chi connectivity index (χ3v) is 5.06. The van der Waals surface area contributed by atoms with Crippen LogP contribution in [-0.4, -0.2) is 48.0 Å². The summed E-state index contributed by atoms with van der Waals surface area (Å²) in [4.78, 5) is 29.8. The molecule has 0 saturated carbocycles. The predicted octanol–water partition coefficient (Wildman–Crippen LogP) is 0.199. The number of aryl methyl sites for hydroxylation is 1. The Bertz CT molecular complexity index is 847. The number of nitrogens with zero attached hydrogens (tertiary/aromatic N) is 1. The second-order valence-electron chi connectivity index (χ2n) is 5.70. The lowest BCUT2D eigenvalue weighted by Crippen LogP contribution is -2.43. The summed E-state index contributed by atoms with van der Waals surface area (Å²) in [6, 6.07) is 5.17. The minimum Gasteiger partial charge on any atom is -0.480 e. The number of carboxylic acids is 1. The Hall–Kier alpha value is -2.72. The summed E-state index contributed by atoms with van der Waals surface area (Å²) < 4.78 is 26.6. The summed E-state index contributed by atoms with van der Waals surface area (Å²) in [5.41, 5.74) is 1.50. The zero-order valence-electron chi connectivity index (χ0n) is 14.1. The van der Waals surface area contributed by atoms with Crippen LogP contribution in [0.2, 0.25) is 0 Å². The molecule has 10 heteroatoms. The van der Waals surface area contributed by atoms with Crippen LogP contribution in [0.15, 0.2) is 41.7 Å². The van der Waals surface area contributed by atoms with Gasteiger partial charge in [0.1, 0.15) is 6.04 Å². The molecule has 26 heavy (non-hydrogen) atoms. The van der Waals surface area contributed by atoms with Gasteiger partial charge >= 0.3 is 5.97 Å². The molecule has 0 radical (unpaired) electrons. The molecule has 140 valence electrons. The van der Waals surface area contributed by atoms with Gasteiger partial charge in [-0.3, -0.25) is 4.79 Å². The number of amides is 1. The quantitative estimate of drug-likeness (QED) is 0.490. The van der Waals surface area contributed by atoms with E-state index < -0.39 is 27.9 Å². The number of nitrogens with one attached hydrogen (secondary N) is 3. The van der Waals surface area contributed by atoms with Gasteiger partial charge in [0.05, 0.1) is 11.2 Å². The van der Waals surface area contributed by atoms with Crippen molar-refractivity contribution in [3.05, 3.63) is 48.0 Å². The molecule has 1 amide bonds. The van der Waals surface area contributed by atoms with Crippen LogP contribution in [0.5, 0.6) is 0 Å². The van der Waals surface area contributed by atoms with Gasteiger partial charge in [0.2, 0.25) is 15.9 Å². The number of imidazole rings is 1. The maximum absolute atomic E-state index is 12.1. The SMILES string of the molecule is Cc1ccc(S(=O)(=O)NCCC(=O)NC(Cc2cnc[nH]2)C(=O)O)cc1. The summed E-state index contributed by atoms with van der Waals surface area (Å²) in [5.74, 6) is -1.75. The highest BCUT2D eigenvalue weighted by Crippen LogP contribution is 2.09. The van der Waals surface area contributed by atoms with Gasteiger partial charge < -0.3 is 15.4 Å². The van der Waals surface area contributed by atoms with Crippen molar-refractivity contribution in [1.29, 1.82) is 0 Å². The molecule has 0 fully saturated rings. The second kappa shape index (κ2) is 8.59. The third-order valence-electron chi connectivity index (χ3n) is 3.59. The largest absolute Gasteiger partial charge is 0.480 e. The summed E-state index contributed by atoms with van der Waals surface area (Å²) in [5, 5.41) is 11.6. The molecule has 0 spiro atoms. The summed E-state index contributed by atoms with van der Waals surface area (Å²) >= 11 is 0. The van der Waals surface area contributed by atoms with Gasteiger partial charge in [-0.05, 0) is 19.1 Å². The van der Waals surface area contributed by atoms with Gasteiger partial charge in [-0.2, -0.15) is 0 Å². The molecular formula is C16H20N4O5S. The fourth-order valence-electron chi connectivity index (χ4n) is 2.18. The topological polar surface area (TPSA) is 141 Å². The van der Waals surface area contributed by atoms with E-state index in [0.717, 1.165) is 5.56 Å². The van der Waals surface area contributed by atoms with Crippen LogP contribution in [0.25, 0.3) is 0 Å². The number of aromatic amines is 1. The molecule has 1 aromatic heterocycles. The Labute approximate surface area is 150 Å². The first-order valence-electron chi connectivity index (χ1n) is 7.83. The number of carbonyl (C=O) groups excluding carboxylic acids is 1. The molecule has 0 saturated heterocycles. The number of H-pyrrole nitrogens is 1. The van der Waals surface area contributed by atoms with Crippen LogP contribution >= 0.6 is 0 Å². The number of carboxylic acid groups (broad SMARTS) is 1. The van der Waals surface area contributed by atoms with E-state index >= 15 is 0 Å². The van der Waals surface area contributed by atoms with E-state index in [1.807, 2.05) is 6.92 Å². The highest BCUT2D eigenvalue weighted by molar-refractivity contribution is 7.89. The van der Waals surface area contributed by atoms with Gasteiger partial charge in [-0.15, -0.1) is 0 Å². The predicted molar refractivity (Wildman–Crippen MR) is 92.8 cm³/mol. The molecule has 1 atom stereocenters. The van der Waals surface area contributed by atoms with Crippen molar-refractivity contribution in [2.45, 2.75) is 30.7 Å². The fraction of sp³-hybridized carbons (Fsp3) is 0.312. The van der Waals surface area contributed by atoms with Crippen molar-refractivity contribution < 1.29 is 23.1 Å². The monoisotopic (exact) mass is 380 g/mol. The molecule has 9 nitrogen and oxygen atoms in total. The van der Waals surface area contributed by atoms with Crippen LogP contribution in [0.4, 0.5) is 0 Å². The van der Waals surface area contributed by atoms with Gasteiger partial charge in [0.15, 0.2) is 0 Å². The van der Waals surface area contributed by atoms with Crippen LogP contribution in [0.1, 0.15) is 17.7 Å². The lowest BCUT2D eigenvalue weighted by Gasteiger charge is -2.14. The highest BCUT2D eigenvalue weighted by Gasteiger charge is 2.21. The van der Waals surface area contributed by atoms with Crippen molar-refractivity contribution in [3.63, 3.8) is 0 Å². The Morgan fingerprint density at radius 1 is 1.27 bits per heavy atom. The van der Waals surface area contributed by atoms with Crippen LogP contribution in [0, 0.1) is 6.92 Å². The molecule has 0 bridgehead atoms. The molecule has 4 N–H and O–H groups in total. The van der Waals surface area contributed by atoms with E-state index in [-0.39, 0.29) is 24.3 Å². The van der Waals surface area contributed by atoms with Crippen molar-refractivity contribution >= 4 is 21.9 Å². The number of aromatic nitrogens is 2. The lowest BCUT2D eigenvalue weighted by molar-refractivity contribution is -0.141. The number of rotatable bonds is 9. The molecule has 1 aromatic carbocycles. The number of sulfonamides is 1. The maximum Gasteiger partial charge on any atom is 0.326 e. The standard InChI is InChI=1S/C16H20N4O5S/c1-11-2-4-13(5-3-11)26(24,25)19-7-6-15(21)20-14(16(22)23)8-12-9-17-10-18-12/h2-5,9-10,14,19H,6-8H2,1H3,(H,17,18)(H,20,21)(H,22,23). The fourth-order valence-corrected chi connectivity index (χ4v) is 3.21. The molecule has 2 rings (SSSR count). The number of carbonyl (C=O) groups is 2. The highest BCUT2D eigenvalue weighted by atomic mass is 32.2. The van der Waals surface area contributed by atoms with Crippen LogP contribution in [0.3, 0.4) is 0 Å². The average Bonchev–Trinajstić information content (AvgIpc) is 3.07. The van der Waals surface area contributed by atoms with Gasteiger partial charge in [0, 0.05) is 31.3 Å². The summed E-state index contributed by atoms with van der Waals surface area (Å²) in [6.07, 6.45) is 2.75. The van der Waals surface area contributed by atoms with E-state index in [1.54, 1.807) is 12.1 Å². The average molecular weight is 380 g/mol. The first-order valence-corrected chi connectivity index (χ1v) is 9.32. The number of benzene rings is 1. The normalized spacial score (nSPS) is 12.5. The smallest absolute Gasteiger partial charge is 0.326 e.